The molecule has 0 amide bonds. The fourth-order valence-corrected chi connectivity index (χ4v) is 5.95. The molecule has 5 aromatic rings. The molecule has 0 spiro atoms. The fraction of sp³-hybridized carbons (Fsp3) is 0.0952. The lowest BCUT2D eigenvalue weighted by molar-refractivity contribution is 1.43. The third-order valence-electron chi connectivity index (χ3n) is 4.73. The van der Waals surface area contributed by atoms with Gasteiger partial charge in [0, 0.05) is 36.8 Å². The molecule has 24 heavy (non-hydrogen) atoms. The molecule has 0 bridgehead atoms. The molecule has 0 unspecified atom stereocenters. The molecular weight excluding hydrogens is 330 g/mol. The SMILES string of the molecule is Cc1sc2ccc3c4nccc(-c5ccccc5)c4sc3c2c1C. The number of pyridine rings is 1. The maximum absolute atomic E-state index is 4.71. The van der Waals surface area contributed by atoms with Crippen molar-refractivity contribution in [1.82, 2.24) is 4.98 Å². The summed E-state index contributed by atoms with van der Waals surface area (Å²) < 4.78 is 4.04. The predicted octanol–water partition coefficient (Wildman–Crippen LogP) is 6.95. The van der Waals surface area contributed by atoms with E-state index in [1.165, 1.54) is 46.4 Å². The van der Waals surface area contributed by atoms with Crippen LogP contribution in [0, 0.1) is 13.8 Å². The van der Waals surface area contributed by atoms with Crippen molar-refractivity contribution in [3.63, 3.8) is 0 Å². The number of thiophene rings is 2. The number of benzene rings is 2. The monoisotopic (exact) mass is 345 g/mol. The normalized spacial score (nSPS) is 11.8. The van der Waals surface area contributed by atoms with E-state index in [0.29, 0.717) is 0 Å². The lowest BCUT2D eigenvalue weighted by Gasteiger charge is -2.02. The third-order valence-corrected chi connectivity index (χ3v) is 7.15. The molecular formula is C21H15NS2. The molecule has 0 saturated heterocycles. The summed E-state index contributed by atoms with van der Waals surface area (Å²) in [5, 5.41) is 2.69. The minimum atomic E-state index is 1.13. The maximum Gasteiger partial charge on any atom is 0.0894 e. The molecule has 0 N–H and O–H groups in total. The summed E-state index contributed by atoms with van der Waals surface area (Å²) in [6.45, 7) is 4.45. The summed E-state index contributed by atoms with van der Waals surface area (Å²) in [5.41, 5.74) is 5.07. The Hall–Kier alpha value is -2.23. The van der Waals surface area contributed by atoms with Crippen LogP contribution >= 0.6 is 22.7 Å². The molecule has 0 fully saturated rings. The molecule has 0 aliphatic heterocycles. The number of hydrogen-bond acceptors (Lipinski definition) is 3. The largest absolute Gasteiger partial charge is 0.255 e. The van der Waals surface area contributed by atoms with Crippen molar-refractivity contribution in [3.05, 3.63) is 65.2 Å². The Morgan fingerprint density at radius 3 is 2.50 bits per heavy atom. The summed E-state index contributed by atoms with van der Waals surface area (Å²) in [7, 11) is 0. The topological polar surface area (TPSA) is 12.9 Å². The van der Waals surface area contributed by atoms with Gasteiger partial charge in [0.2, 0.25) is 0 Å². The average molecular weight is 345 g/mol. The van der Waals surface area contributed by atoms with Crippen molar-refractivity contribution in [1.29, 1.82) is 0 Å². The van der Waals surface area contributed by atoms with E-state index >= 15 is 0 Å². The molecule has 0 atom stereocenters. The summed E-state index contributed by atoms with van der Waals surface area (Å²) in [6.07, 6.45) is 1.94. The first-order valence-corrected chi connectivity index (χ1v) is 9.62. The lowest BCUT2D eigenvalue weighted by Crippen LogP contribution is -1.80. The smallest absolute Gasteiger partial charge is 0.0894 e. The minimum Gasteiger partial charge on any atom is -0.255 e. The molecule has 3 heteroatoms. The van der Waals surface area contributed by atoms with Gasteiger partial charge in [-0.15, -0.1) is 22.7 Å². The van der Waals surface area contributed by atoms with E-state index in [-0.39, 0.29) is 0 Å². The molecule has 0 radical (unpaired) electrons. The Kier molecular flexibility index (Phi) is 3.02. The van der Waals surface area contributed by atoms with Crippen molar-refractivity contribution in [2.24, 2.45) is 0 Å². The van der Waals surface area contributed by atoms with Crippen LogP contribution < -0.4 is 0 Å². The lowest BCUT2D eigenvalue weighted by atomic mass is 10.1. The highest BCUT2D eigenvalue weighted by Gasteiger charge is 2.16. The first-order chi connectivity index (χ1) is 11.7. The van der Waals surface area contributed by atoms with Gasteiger partial charge in [-0.25, -0.2) is 0 Å². The van der Waals surface area contributed by atoms with Crippen molar-refractivity contribution in [2.75, 3.05) is 0 Å². The Balaban J connectivity index is 1.96. The van der Waals surface area contributed by atoms with Gasteiger partial charge in [-0.3, -0.25) is 4.98 Å². The van der Waals surface area contributed by atoms with Crippen LogP contribution in [0.1, 0.15) is 10.4 Å². The van der Waals surface area contributed by atoms with Crippen LogP contribution in [-0.4, -0.2) is 4.98 Å². The molecule has 1 nitrogen and oxygen atoms in total. The van der Waals surface area contributed by atoms with E-state index < -0.39 is 0 Å². The van der Waals surface area contributed by atoms with Crippen LogP contribution in [0.2, 0.25) is 0 Å². The molecule has 0 saturated carbocycles. The summed E-state index contributed by atoms with van der Waals surface area (Å²) >= 11 is 3.77. The van der Waals surface area contributed by atoms with Gasteiger partial charge in [0.1, 0.15) is 0 Å². The molecule has 2 aromatic carbocycles. The Bertz CT molecular complexity index is 1210. The fourth-order valence-electron chi connectivity index (χ4n) is 3.41. The molecule has 116 valence electrons. The van der Waals surface area contributed by atoms with Crippen LogP contribution in [0.5, 0.6) is 0 Å². The van der Waals surface area contributed by atoms with Crippen LogP contribution in [-0.2, 0) is 0 Å². The van der Waals surface area contributed by atoms with Crippen molar-refractivity contribution >= 4 is 53.1 Å². The van der Waals surface area contributed by atoms with Gasteiger partial charge in [-0.1, -0.05) is 30.3 Å². The van der Waals surface area contributed by atoms with Gasteiger partial charge in [-0.05, 0) is 43.2 Å². The average Bonchev–Trinajstić information content (AvgIpc) is 3.13. The van der Waals surface area contributed by atoms with Gasteiger partial charge in [0.25, 0.3) is 0 Å². The van der Waals surface area contributed by atoms with Crippen molar-refractivity contribution in [2.45, 2.75) is 13.8 Å². The molecule has 0 aliphatic rings. The van der Waals surface area contributed by atoms with Crippen molar-refractivity contribution in [3.8, 4) is 11.1 Å². The van der Waals surface area contributed by atoms with Gasteiger partial charge < -0.3 is 0 Å². The summed E-state index contributed by atoms with van der Waals surface area (Å²) in [4.78, 5) is 6.12. The van der Waals surface area contributed by atoms with Gasteiger partial charge in [0.05, 0.1) is 10.2 Å². The number of aryl methyl sites for hydroxylation is 2. The predicted molar refractivity (Wildman–Crippen MR) is 107 cm³/mol. The van der Waals surface area contributed by atoms with Crippen LogP contribution in [0.15, 0.2) is 54.7 Å². The van der Waals surface area contributed by atoms with E-state index in [0.717, 1.165) is 5.52 Å². The highest BCUT2D eigenvalue weighted by atomic mass is 32.1. The molecule has 5 rings (SSSR count). The Morgan fingerprint density at radius 1 is 0.833 bits per heavy atom. The van der Waals surface area contributed by atoms with E-state index in [2.05, 4.69) is 62.4 Å². The second-order valence-electron chi connectivity index (χ2n) is 6.10. The van der Waals surface area contributed by atoms with Gasteiger partial charge in [0.15, 0.2) is 0 Å². The van der Waals surface area contributed by atoms with E-state index in [1.54, 1.807) is 0 Å². The quantitative estimate of drug-likeness (QED) is 0.320. The number of hydrogen-bond donors (Lipinski definition) is 0. The van der Waals surface area contributed by atoms with Crippen molar-refractivity contribution < 1.29 is 0 Å². The van der Waals surface area contributed by atoms with Crippen LogP contribution in [0.25, 0.3) is 41.5 Å². The summed E-state index contributed by atoms with van der Waals surface area (Å²) in [6, 6.07) is 17.2. The Labute approximate surface area is 148 Å². The van der Waals surface area contributed by atoms with Gasteiger partial charge in [-0.2, -0.15) is 0 Å². The molecule has 0 aliphatic carbocycles. The highest BCUT2D eigenvalue weighted by Crippen LogP contribution is 2.44. The first kappa shape index (κ1) is 14.1. The van der Waals surface area contributed by atoms with E-state index in [9.17, 15) is 0 Å². The maximum atomic E-state index is 4.71. The summed E-state index contributed by atoms with van der Waals surface area (Å²) in [5.74, 6) is 0. The number of rotatable bonds is 1. The van der Waals surface area contributed by atoms with E-state index in [4.69, 9.17) is 4.98 Å². The number of aromatic nitrogens is 1. The van der Waals surface area contributed by atoms with Gasteiger partial charge >= 0.3 is 0 Å². The van der Waals surface area contributed by atoms with Crippen LogP contribution in [0.4, 0.5) is 0 Å². The zero-order valence-corrected chi connectivity index (χ0v) is 15.1. The van der Waals surface area contributed by atoms with E-state index in [1.807, 2.05) is 28.9 Å². The Morgan fingerprint density at radius 2 is 1.67 bits per heavy atom. The second-order valence-corrected chi connectivity index (χ2v) is 8.38. The second kappa shape index (κ2) is 5.13. The number of fused-ring (bicyclic) bond motifs is 5. The molecule has 3 heterocycles. The highest BCUT2D eigenvalue weighted by molar-refractivity contribution is 7.28. The zero-order valence-electron chi connectivity index (χ0n) is 13.5. The molecule has 3 aromatic heterocycles. The number of nitrogens with zero attached hydrogens (tertiary/aromatic N) is 1. The minimum absolute atomic E-state index is 1.13. The standard InChI is InChI=1S/C21H15NS2/c1-12-13(2)23-17-9-8-16-19-21(24-20(16)18(12)17)15(10-11-22-19)14-6-4-3-5-7-14/h3-11H,1-2H3. The third kappa shape index (κ3) is 1.89. The van der Waals surface area contributed by atoms with Crippen LogP contribution in [0.3, 0.4) is 0 Å². The zero-order chi connectivity index (χ0) is 16.3. The first-order valence-electron chi connectivity index (χ1n) is 7.99.